The molecule has 1 saturated carbocycles. The highest BCUT2D eigenvalue weighted by Crippen LogP contribution is 2.27. The van der Waals surface area contributed by atoms with Crippen LogP contribution in [0.4, 0.5) is 13.2 Å². The molecule has 17 heavy (non-hydrogen) atoms. The molecule has 0 aromatic heterocycles. The fourth-order valence-electron chi connectivity index (χ4n) is 2.29. The minimum absolute atomic E-state index is 0.401. The molecular weight excluding hydrogens is 233 g/mol. The van der Waals surface area contributed by atoms with Gasteiger partial charge in [-0.25, -0.2) is 0 Å². The summed E-state index contributed by atoms with van der Waals surface area (Å²) in [6.45, 7) is -1.16. The van der Waals surface area contributed by atoms with Gasteiger partial charge < -0.3 is 5.73 Å². The van der Waals surface area contributed by atoms with Gasteiger partial charge in [-0.05, 0) is 12.8 Å². The van der Waals surface area contributed by atoms with Crippen LogP contribution in [-0.2, 0) is 4.79 Å². The number of nitrogens with two attached hydrogens (primary N) is 1. The number of nitrogens with one attached hydrogen (secondary N) is 1. The zero-order chi connectivity index (χ0) is 12.9. The lowest BCUT2D eigenvalue weighted by Gasteiger charge is -2.33. The predicted octanol–water partition coefficient (Wildman–Crippen LogP) is 2.11. The molecule has 3 N–H and O–H groups in total. The number of carbonyl (C=O) groups is 1. The Morgan fingerprint density at radius 1 is 1.12 bits per heavy atom. The monoisotopic (exact) mass is 252 g/mol. The van der Waals surface area contributed by atoms with E-state index in [4.69, 9.17) is 5.73 Å². The van der Waals surface area contributed by atoms with Gasteiger partial charge in [-0.1, -0.05) is 32.1 Å². The minimum atomic E-state index is -4.31. The Morgan fingerprint density at radius 3 is 2.00 bits per heavy atom. The number of hydrogen-bond donors (Lipinski definition) is 2. The summed E-state index contributed by atoms with van der Waals surface area (Å²) in [6.07, 6.45) is 0.947. The van der Waals surface area contributed by atoms with Crippen LogP contribution in [0.15, 0.2) is 0 Å². The van der Waals surface area contributed by atoms with Crippen molar-refractivity contribution in [2.45, 2.75) is 56.7 Å². The fourth-order valence-corrected chi connectivity index (χ4v) is 2.29. The number of primary amides is 1. The largest absolute Gasteiger partial charge is 0.401 e. The van der Waals surface area contributed by atoms with Crippen LogP contribution in [0.5, 0.6) is 0 Å². The molecule has 0 aromatic carbocycles. The van der Waals surface area contributed by atoms with E-state index in [1.807, 2.05) is 0 Å². The molecule has 0 unspecified atom stereocenters. The highest BCUT2D eigenvalue weighted by molar-refractivity contribution is 5.84. The highest BCUT2D eigenvalue weighted by Gasteiger charge is 2.39. The van der Waals surface area contributed by atoms with E-state index in [0.29, 0.717) is 12.8 Å². The van der Waals surface area contributed by atoms with Gasteiger partial charge in [0.25, 0.3) is 0 Å². The Morgan fingerprint density at radius 2 is 1.59 bits per heavy atom. The third-order valence-corrected chi connectivity index (χ3v) is 3.31. The first-order valence-corrected chi connectivity index (χ1v) is 5.97. The molecular formula is C11H19F3N2O. The molecule has 0 saturated heterocycles. The molecule has 0 bridgehead atoms. The first-order chi connectivity index (χ1) is 7.86. The molecule has 1 fully saturated rings. The van der Waals surface area contributed by atoms with E-state index in [2.05, 4.69) is 5.32 Å². The van der Waals surface area contributed by atoms with Gasteiger partial charge in [-0.2, -0.15) is 13.2 Å². The third-order valence-electron chi connectivity index (χ3n) is 3.31. The van der Waals surface area contributed by atoms with Gasteiger partial charge >= 0.3 is 6.18 Å². The van der Waals surface area contributed by atoms with Crippen molar-refractivity contribution in [2.24, 2.45) is 5.73 Å². The van der Waals surface area contributed by atoms with Crippen LogP contribution in [0.1, 0.15) is 44.9 Å². The molecule has 0 atom stereocenters. The number of halogens is 3. The van der Waals surface area contributed by atoms with E-state index in [1.54, 1.807) is 0 Å². The molecule has 1 rings (SSSR count). The summed E-state index contributed by atoms with van der Waals surface area (Å²) in [5.74, 6) is -0.663. The molecule has 0 aromatic rings. The fraction of sp³-hybridized carbons (Fsp3) is 0.909. The summed E-state index contributed by atoms with van der Waals surface area (Å²) in [5.41, 5.74) is 4.11. The minimum Gasteiger partial charge on any atom is -0.368 e. The van der Waals surface area contributed by atoms with E-state index in [0.717, 1.165) is 32.1 Å². The summed E-state index contributed by atoms with van der Waals surface area (Å²) in [6, 6.07) is 0. The molecule has 1 aliphatic rings. The molecule has 0 aliphatic heterocycles. The van der Waals surface area contributed by atoms with Crippen molar-refractivity contribution < 1.29 is 18.0 Å². The molecule has 100 valence electrons. The number of amides is 1. The summed E-state index contributed by atoms with van der Waals surface area (Å²) in [5, 5.41) is 2.34. The first-order valence-electron chi connectivity index (χ1n) is 5.97. The lowest BCUT2D eigenvalue weighted by Crippen LogP contribution is -2.57. The molecule has 1 aliphatic carbocycles. The molecule has 0 radical (unpaired) electrons. The average Bonchev–Trinajstić information content (AvgIpc) is 2.14. The van der Waals surface area contributed by atoms with Gasteiger partial charge in [-0.3, -0.25) is 10.1 Å². The smallest absolute Gasteiger partial charge is 0.368 e. The second-order valence-corrected chi connectivity index (χ2v) is 4.68. The van der Waals surface area contributed by atoms with Crippen molar-refractivity contribution in [3.63, 3.8) is 0 Å². The van der Waals surface area contributed by atoms with E-state index < -0.39 is 24.2 Å². The average molecular weight is 252 g/mol. The van der Waals surface area contributed by atoms with Crippen LogP contribution < -0.4 is 11.1 Å². The summed E-state index contributed by atoms with van der Waals surface area (Å²) in [4.78, 5) is 11.5. The van der Waals surface area contributed by atoms with Gasteiger partial charge in [0, 0.05) is 0 Å². The van der Waals surface area contributed by atoms with Crippen molar-refractivity contribution in [3.8, 4) is 0 Å². The van der Waals surface area contributed by atoms with Crippen molar-refractivity contribution in [2.75, 3.05) is 6.54 Å². The Hall–Kier alpha value is -0.780. The number of rotatable bonds is 3. The van der Waals surface area contributed by atoms with Crippen molar-refractivity contribution in [1.29, 1.82) is 0 Å². The van der Waals surface area contributed by atoms with Crippen LogP contribution >= 0.6 is 0 Å². The van der Waals surface area contributed by atoms with Crippen LogP contribution in [0, 0.1) is 0 Å². The molecule has 3 nitrogen and oxygen atoms in total. The summed E-state index contributed by atoms with van der Waals surface area (Å²) in [7, 11) is 0. The molecule has 0 heterocycles. The first kappa shape index (κ1) is 14.3. The summed E-state index contributed by atoms with van der Waals surface area (Å²) < 4.78 is 36.6. The van der Waals surface area contributed by atoms with Gasteiger partial charge in [0.1, 0.15) is 0 Å². The summed E-state index contributed by atoms with van der Waals surface area (Å²) >= 11 is 0. The molecule has 6 heteroatoms. The van der Waals surface area contributed by atoms with Gasteiger partial charge in [0.2, 0.25) is 5.91 Å². The number of alkyl halides is 3. The zero-order valence-corrected chi connectivity index (χ0v) is 9.78. The zero-order valence-electron chi connectivity index (χ0n) is 9.78. The lowest BCUT2D eigenvalue weighted by atomic mass is 9.83. The van der Waals surface area contributed by atoms with E-state index >= 15 is 0 Å². The maximum Gasteiger partial charge on any atom is 0.401 e. The Labute approximate surface area is 98.9 Å². The van der Waals surface area contributed by atoms with Crippen molar-refractivity contribution >= 4 is 5.91 Å². The Bertz CT molecular complexity index is 258. The van der Waals surface area contributed by atoms with E-state index in [1.165, 1.54) is 0 Å². The maximum absolute atomic E-state index is 12.2. The van der Waals surface area contributed by atoms with E-state index in [-0.39, 0.29) is 0 Å². The van der Waals surface area contributed by atoms with Crippen LogP contribution in [0.3, 0.4) is 0 Å². The quantitative estimate of drug-likeness (QED) is 0.808. The van der Waals surface area contributed by atoms with Gasteiger partial charge in [-0.15, -0.1) is 0 Å². The maximum atomic E-state index is 12.2. The molecule has 0 spiro atoms. The Balaban J connectivity index is 2.68. The van der Waals surface area contributed by atoms with Gasteiger partial charge in [0.05, 0.1) is 12.1 Å². The lowest BCUT2D eigenvalue weighted by molar-refractivity contribution is -0.137. The number of carbonyl (C=O) groups excluding carboxylic acids is 1. The second-order valence-electron chi connectivity index (χ2n) is 4.68. The van der Waals surface area contributed by atoms with Crippen LogP contribution in [0.2, 0.25) is 0 Å². The number of hydrogen-bond acceptors (Lipinski definition) is 2. The van der Waals surface area contributed by atoms with Gasteiger partial charge in [0.15, 0.2) is 0 Å². The van der Waals surface area contributed by atoms with Crippen molar-refractivity contribution in [3.05, 3.63) is 0 Å². The standard InChI is InChI=1S/C11H19F3N2O/c12-11(13,14)8-16-10(9(15)17)6-4-2-1-3-5-7-10/h16H,1-8H2,(H2,15,17). The SMILES string of the molecule is NC(=O)C1(NCC(F)(F)F)CCCCCCC1. The highest BCUT2D eigenvalue weighted by atomic mass is 19.4. The second kappa shape index (κ2) is 5.71. The molecule has 1 amide bonds. The van der Waals surface area contributed by atoms with Crippen LogP contribution in [0.25, 0.3) is 0 Å². The normalized spacial score (nSPS) is 21.6. The third kappa shape index (κ3) is 4.53. The predicted molar refractivity (Wildman–Crippen MR) is 58.3 cm³/mol. The van der Waals surface area contributed by atoms with Crippen LogP contribution in [-0.4, -0.2) is 24.2 Å². The Kier molecular flexibility index (Phi) is 4.80. The topological polar surface area (TPSA) is 55.1 Å². The van der Waals surface area contributed by atoms with Crippen molar-refractivity contribution in [1.82, 2.24) is 5.32 Å². The van der Waals surface area contributed by atoms with E-state index in [9.17, 15) is 18.0 Å².